The van der Waals surface area contributed by atoms with E-state index in [4.69, 9.17) is 4.74 Å². The Morgan fingerprint density at radius 3 is 2.42 bits per heavy atom. The van der Waals surface area contributed by atoms with Gasteiger partial charge in [-0.2, -0.15) is 13.2 Å². The molecule has 6 nitrogen and oxygen atoms in total. The first kappa shape index (κ1) is 27.0. The van der Waals surface area contributed by atoms with Crippen LogP contribution in [-0.4, -0.2) is 44.7 Å². The van der Waals surface area contributed by atoms with Gasteiger partial charge in [-0.15, -0.1) is 0 Å². The molecule has 38 heavy (non-hydrogen) atoms. The van der Waals surface area contributed by atoms with Gasteiger partial charge < -0.3 is 19.9 Å². The number of esters is 1. The van der Waals surface area contributed by atoms with Crippen molar-refractivity contribution in [3.63, 3.8) is 0 Å². The Kier molecular flexibility index (Phi) is 7.94. The normalized spacial score (nSPS) is 13.9. The van der Waals surface area contributed by atoms with Gasteiger partial charge in [-0.1, -0.05) is 42.5 Å². The van der Waals surface area contributed by atoms with Gasteiger partial charge in [0.25, 0.3) is 0 Å². The summed E-state index contributed by atoms with van der Waals surface area (Å²) < 4.78 is 43.8. The molecule has 0 radical (unpaired) electrons. The van der Waals surface area contributed by atoms with E-state index >= 15 is 0 Å². The van der Waals surface area contributed by atoms with E-state index in [0.717, 1.165) is 40.1 Å². The number of alkyl halides is 3. The quantitative estimate of drug-likeness (QED) is 0.413. The van der Waals surface area contributed by atoms with Gasteiger partial charge in [0.05, 0.1) is 25.1 Å². The SMILES string of the molecule is COC(=O)C[C@H](NC(=O)N1CCc2c(cccc2-c2ccc(C(F)(F)F)cc2)C1)c1cccc(N(C)C)c1. The zero-order valence-corrected chi connectivity index (χ0v) is 21.5. The monoisotopic (exact) mass is 525 g/mol. The van der Waals surface area contributed by atoms with E-state index < -0.39 is 23.8 Å². The number of amides is 2. The number of hydrogen-bond acceptors (Lipinski definition) is 4. The minimum absolute atomic E-state index is 0.0123. The molecule has 4 rings (SSSR count). The lowest BCUT2D eigenvalue weighted by molar-refractivity contribution is -0.141. The van der Waals surface area contributed by atoms with Crippen molar-refractivity contribution in [3.05, 3.63) is 89.0 Å². The van der Waals surface area contributed by atoms with E-state index in [9.17, 15) is 22.8 Å². The van der Waals surface area contributed by atoms with E-state index in [-0.39, 0.29) is 12.5 Å². The number of carbonyl (C=O) groups excluding carboxylic acids is 2. The molecule has 1 atom stereocenters. The summed E-state index contributed by atoms with van der Waals surface area (Å²) in [5.74, 6) is -0.435. The van der Waals surface area contributed by atoms with E-state index in [1.165, 1.54) is 19.2 Å². The third kappa shape index (κ3) is 6.10. The number of nitrogens with zero attached hydrogens (tertiary/aromatic N) is 2. The van der Waals surface area contributed by atoms with E-state index in [1.54, 1.807) is 4.90 Å². The summed E-state index contributed by atoms with van der Waals surface area (Å²) in [5, 5.41) is 2.99. The molecule has 0 unspecified atom stereocenters. The smallest absolute Gasteiger partial charge is 0.416 e. The summed E-state index contributed by atoms with van der Waals surface area (Å²) in [5.41, 5.74) is 4.55. The third-order valence-corrected chi connectivity index (χ3v) is 6.76. The molecule has 0 fully saturated rings. The highest BCUT2D eigenvalue weighted by Crippen LogP contribution is 2.34. The molecule has 3 aromatic carbocycles. The Balaban J connectivity index is 1.53. The number of nitrogens with one attached hydrogen (secondary N) is 1. The van der Waals surface area contributed by atoms with Crippen molar-refractivity contribution >= 4 is 17.7 Å². The van der Waals surface area contributed by atoms with Crippen molar-refractivity contribution < 1.29 is 27.5 Å². The molecule has 9 heteroatoms. The van der Waals surface area contributed by atoms with Crippen LogP contribution < -0.4 is 10.2 Å². The van der Waals surface area contributed by atoms with Crippen LogP contribution in [0.4, 0.5) is 23.7 Å². The molecule has 1 heterocycles. The van der Waals surface area contributed by atoms with Crippen molar-refractivity contribution in [2.75, 3.05) is 32.6 Å². The lowest BCUT2D eigenvalue weighted by Gasteiger charge is -2.32. The molecule has 200 valence electrons. The van der Waals surface area contributed by atoms with Crippen LogP contribution in [0.25, 0.3) is 11.1 Å². The van der Waals surface area contributed by atoms with Crippen LogP contribution in [0.2, 0.25) is 0 Å². The number of urea groups is 1. The lowest BCUT2D eigenvalue weighted by Crippen LogP contribution is -2.44. The van der Waals surface area contributed by atoms with Crippen LogP contribution in [0.3, 0.4) is 0 Å². The fourth-order valence-electron chi connectivity index (χ4n) is 4.65. The number of benzene rings is 3. The highest BCUT2D eigenvalue weighted by atomic mass is 19.4. The minimum atomic E-state index is -4.39. The first-order valence-electron chi connectivity index (χ1n) is 12.2. The van der Waals surface area contributed by atoms with Gasteiger partial charge in [-0.3, -0.25) is 4.79 Å². The van der Waals surface area contributed by atoms with Crippen molar-refractivity contribution in [2.24, 2.45) is 0 Å². The molecule has 0 aromatic heterocycles. The molecule has 0 saturated heterocycles. The average molecular weight is 526 g/mol. The zero-order chi connectivity index (χ0) is 27.4. The minimum Gasteiger partial charge on any atom is -0.469 e. The second-order valence-corrected chi connectivity index (χ2v) is 9.46. The Morgan fingerprint density at radius 2 is 1.76 bits per heavy atom. The van der Waals surface area contributed by atoms with Gasteiger partial charge in [0.15, 0.2) is 0 Å². The number of methoxy groups -OCH3 is 1. The van der Waals surface area contributed by atoms with Crippen LogP contribution in [-0.2, 0) is 28.7 Å². The highest BCUT2D eigenvalue weighted by molar-refractivity contribution is 5.78. The van der Waals surface area contributed by atoms with Crippen molar-refractivity contribution in [3.8, 4) is 11.1 Å². The maximum Gasteiger partial charge on any atom is 0.416 e. The number of ether oxygens (including phenoxy) is 1. The van der Waals surface area contributed by atoms with Gasteiger partial charge in [0, 0.05) is 32.9 Å². The first-order valence-corrected chi connectivity index (χ1v) is 12.2. The first-order chi connectivity index (χ1) is 18.1. The summed E-state index contributed by atoms with van der Waals surface area (Å²) in [7, 11) is 5.14. The van der Waals surface area contributed by atoms with Gasteiger partial charge in [-0.25, -0.2) is 4.79 Å². The molecular formula is C29H30F3N3O3. The van der Waals surface area contributed by atoms with Crippen molar-refractivity contribution in [2.45, 2.75) is 31.6 Å². The maximum absolute atomic E-state index is 13.3. The third-order valence-electron chi connectivity index (χ3n) is 6.76. The zero-order valence-electron chi connectivity index (χ0n) is 21.5. The topological polar surface area (TPSA) is 61.9 Å². The molecule has 0 bridgehead atoms. The van der Waals surface area contributed by atoms with Crippen LogP contribution >= 0.6 is 0 Å². The molecule has 2 amide bonds. The molecule has 0 spiro atoms. The average Bonchev–Trinajstić information content (AvgIpc) is 2.91. The van der Waals surface area contributed by atoms with Gasteiger partial charge in [-0.05, 0) is 58.5 Å². The number of halogens is 3. The second kappa shape index (κ2) is 11.2. The fourth-order valence-corrected chi connectivity index (χ4v) is 4.65. The number of rotatable bonds is 6. The summed E-state index contributed by atoms with van der Waals surface area (Å²) in [6.45, 7) is 0.775. The largest absolute Gasteiger partial charge is 0.469 e. The summed E-state index contributed by atoms with van der Waals surface area (Å²) in [4.78, 5) is 29.1. The summed E-state index contributed by atoms with van der Waals surface area (Å²) >= 11 is 0. The van der Waals surface area contributed by atoms with E-state index in [2.05, 4.69) is 5.32 Å². The van der Waals surface area contributed by atoms with Crippen LogP contribution in [0, 0.1) is 0 Å². The van der Waals surface area contributed by atoms with E-state index in [1.807, 2.05) is 61.5 Å². The summed E-state index contributed by atoms with van der Waals surface area (Å²) in [6, 6.07) is 17.5. The van der Waals surface area contributed by atoms with Crippen molar-refractivity contribution in [1.82, 2.24) is 10.2 Å². The predicted octanol–water partition coefficient (Wildman–Crippen LogP) is 5.81. The predicted molar refractivity (Wildman–Crippen MR) is 140 cm³/mol. The standard InChI is InChI=1S/C29H30F3N3O3/c1-34(2)23-8-4-6-20(16-23)26(17-27(36)38-3)33-28(37)35-15-14-25-21(18-35)7-5-9-24(25)19-10-12-22(13-11-19)29(30,31)32/h4-13,16,26H,14-15,17-18H2,1-3H3,(H,33,37)/t26-/m0/s1. The molecule has 0 aliphatic carbocycles. The van der Waals surface area contributed by atoms with Crippen LogP contribution in [0.5, 0.6) is 0 Å². The molecule has 1 aliphatic rings. The second-order valence-electron chi connectivity index (χ2n) is 9.46. The van der Waals surface area contributed by atoms with E-state index in [0.29, 0.717) is 25.1 Å². The maximum atomic E-state index is 13.3. The molecule has 1 aliphatic heterocycles. The molecule has 1 N–H and O–H groups in total. The Labute approximate surface area is 220 Å². The lowest BCUT2D eigenvalue weighted by atomic mass is 9.90. The fraction of sp³-hybridized carbons (Fsp3) is 0.310. The summed E-state index contributed by atoms with van der Waals surface area (Å²) in [6.07, 6.45) is -3.85. The molecule has 3 aromatic rings. The van der Waals surface area contributed by atoms with Crippen LogP contribution in [0.1, 0.15) is 34.7 Å². The van der Waals surface area contributed by atoms with Gasteiger partial charge in [0.2, 0.25) is 0 Å². The highest BCUT2D eigenvalue weighted by Gasteiger charge is 2.30. The van der Waals surface area contributed by atoms with Gasteiger partial charge in [0.1, 0.15) is 0 Å². The van der Waals surface area contributed by atoms with Gasteiger partial charge >= 0.3 is 18.2 Å². The van der Waals surface area contributed by atoms with Crippen molar-refractivity contribution in [1.29, 1.82) is 0 Å². The Bertz CT molecular complexity index is 1310. The molecule has 0 saturated carbocycles. The number of hydrogen-bond donors (Lipinski definition) is 1. The number of fused-ring (bicyclic) bond motifs is 1. The Morgan fingerprint density at radius 1 is 1.05 bits per heavy atom. The number of carbonyl (C=O) groups is 2. The Hall–Kier alpha value is -4.01. The molecular weight excluding hydrogens is 495 g/mol. The number of anilines is 1. The van der Waals surface area contributed by atoms with Crippen LogP contribution in [0.15, 0.2) is 66.7 Å².